The van der Waals surface area contributed by atoms with E-state index in [1.807, 2.05) is 29.5 Å². The Kier molecular flexibility index (Phi) is 7.96. The van der Waals surface area contributed by atoms with Gasteiger partial charge in [-0.2, -0.15) is 0 Å². The molecule has 0 N–H and O–H groups in total. The predicted molar refractivity (Wildman–Crippen MR) is 236 cm³/mol. The Bertz CT molecular complexity index is 3110. The monoisotopic (exact) mass is 736 g/mol. The zero-order valence-corrected chi connectivity index (χ0v) is 31.5. The smallest absolute Gasteiger partial charge is 0.156 e. The fraction of sp³-hybridized carbons (Fsp3) is 0.0769. The predicted octanol–water partition coefficient (Wildman–Crippen LogP) is 14.5. The third-order valence-corrected chi connectivity index (χ3v) is 12.7. The van der Waals surface area contributed by atoms with E-state index in [-0.39, 0.29) is 5.92 Å². The number of rotatable bonds is 6. The van der Waals surface area contributed by atoms with Gasteiger partial charge >= 0.3 is 0 Å². The summed E-state index contributed by atoms with van der Waals surface area (Å²) in [6.45, 7) is 0. The van der Waals surface area contributed by atoms with Crippen LogP contribution in [0, 0.1) is 0 Å². The molecule has 0 saturated carbocycles. The van der Waals surface area contributed by atoms with E-state index in [1.165, 1.54) is 48.0 Å². The molecule has 0 fully saturated rings. The summed E-state index contributed by atoms with van der Waals surface area (Å²) in [7, 11) is 0. The minimum Gasteiger partial charge on any atom is -0.456 e. The van der Waals surface area contributed by atoms with Crippen LogP contribution in [0.4, 0.5) is 0 Å². The van der Waals surface area contributed by atoms with Crippen molar-refractivity contribution >= 4 is 70.2 Å². The van der Waals surface area contributed by atoms with Crippen LogP contribution in [0.3, 0.4) is 0 Å². The highest BCUT2D eigenvalue weighted by Gasteiger charge is 2.23. The second-order valence-electron chi connectivity index (χ2n) is 14.8. The van der Waals surface area contributed by atoms with Crippen LogP contribution < -0.4 is 0 Å². The fourth-order valence-corrected chi connectivity index (χ4v) is 10.0. The van der Waals surface area contributed by atoms with E-state index >= 15 is 0 Å². The second-order valence-corrected chi connectivity index (χ2v) is 15.8. The molecule has 3 heterocycles. The Labute approximate surface area is 329 Å². The van der Waals surface area contributed by atoms with E-state index in [2.05, 4.69) is 158 Å². The van der Waals surface area contributed by atoms with Crippen LogP contribution >= 0.6 is 11.3 Å². The van der Waals surface area contributed by atoms with Crippen LogP contribution in [0.5, 0.6) is 0 Å². The van der Waals surface area contributed by atoms with Crippen LogP contribution in [-0.2, 0) is 0 Å². The van der Waals surface area contributed by atoms with Gasteiger partial charge in [0, 0.05) is 48.0 Å². The summed E-state index contributed by atoms with van der Waals surface area (Å²) in [6, 6.07) is 51.6. The number of benzene rings is 6. The lowest BCUT2D eigenvalue weighted by atomic mass is 9.87. The largest absolute Gasteiger partial charge is 0.456 e. The van der Waals surface area contributed by atoms with Crippen LogP contribution in [0.2, 0.25) is 0 Å². The van der Waals surface area contributed by atoms with E-state index in [0.29, 0.717) is 0 Å². The number of para-hydroxylation sites is 1. The molecular weight excluding hydrogens is 701 g/mol. The van der Waals surface area contributed by atoms with Gasteiger partial charge in [0.15, 0.2) is 5.82 Å². The minimum absolute atomic E-state index is 0.194. The lowest BCUT2D eigenvalue weighted by Gasteiger charge is -2.20. The van der Waals surface area contributed by atoms with E-state index in [0.717, 1.165) is 75.1 Å². The number of hydrogen-bond acceptors (Lipinski definition) is 4. The first kappa shape index (κ1) is 32.8. The van der Waals surface area contributed by atoms with Gasteiger partial charge in [0.2, 0.25) is 0 Å². The van der Waals surface area contributed by atoms with Crippen molar-refractivity contribution in [1.82, 2.24) is 9.97 Å². The molecule has 2 aliphatic rings. The Hall–Kier alpha value is -6.62. The molecule has 0 radical (unpaired) electrons. The molecule has 4 heteroatoms. The number of furan rings is 1. The average molecular weight is 737 g/mol. The standard InChI is InChI=1S/C52H36N2OS/c1-3-12-33(13-4-1)34-24-26-35(27-25-34)40-19-10-21-44-45-22-11-20-41(51(45)56-50(40)44)37-16-9-17-39(30-37)52-53-46(36-14-5-2-6-15-36)32-47(54-52)38-28-29-43-42-18-7-8-23-48(42)55-49(43)31-38/h1-24,26,28-29,31-32,37H,25,27,30H2. The number of nitrogens with zero attached hydrogens (tertiary/aromatic N) is 2. The molecule has 0 bridgehead atoms. The molecule has 266 valence electrons. The molecule has 1 unspecified atom stereocenters. The number of allylic oxidation sites excluding steroid dienone is 8. The van der Waals surface area contributed by atoms with Gasteiger partial charge in [-0.05, 0) is 76.9 Å². The van der Waals surface area contributed by atoms with Crippen molar-refractivity contribution in [1.29, 1.82) is 0 Å². The number of thiophene rings is 1. The van der Waals surface area contributed by atoms with E-state index in [4.69, 9.17) is 14.4 Å². The molecule has 3 nitrogen and oxygen atoms in total. The van der Waals surface area contributed by atoms with Crippen molar-refractivity contribution < 1.29 is 4.42 Å². The zero-order chi connectivity index (χ0) is 37.0. The fourth-order valence-electron chi connectivity index (χ4n) is 8.58. The van der Waals surface area contributed by atoms with Crippen LogP contribution in [0.1, 0.15) is 47.7 Å². The third-order valence-electron chi connectivity index (χ3n) is 11.4. The van der Waals surface area contributed by atoms with Crippen LogP contribution in [0.15, 0.2) is 180 Å². The average Bonchev–Trinajstić information content (AvgIpc) is 3.85. The van der Waals surface area contributed by atoms with Gasteiger partial charge < -0.3 is 4.42 Å². The molecule has 0 spiro atoms. The maximum absolute atomic E-state index is 6.29. The number of fused-ring (bicyclic) bond motifs is 6. The Morgan fingerprint density at radius 1 is 0.500 bits per heavy atom. The Morgan fingerprint density at radius 2 is 1.18 bits per heavy atom. The first-order valence-corrected chi connectivity index (χ1v) is 20.2. The van der Waals surface area contributed by atoms with Crippen molar-refractivity contribution in [3.8, 4) is 22.5 Å². The van der Waals surface area contributed by atoms with E-state index in [9.17, 15) is 0 Å². The van der Waals surface area contributed by atoms with E-state index < -0.39 is 0 Å². The van der Waals surface area contributed by atoms with Gasteiger partial charge in [0.05, 0.1) is 11.4 Å². The molecular formula is C52H36N2OS. The molecule has 11 rings (SSSR count). The summed E-state index contributed by atoms with van der Waals surface area (Å²) in [6.07, 6.45) is 14.3. The Balaban J connectivity index is 0.962. The van der Waals surface area contributed by atoms with Crippen LogP contribution in [-0.4, -0.2) is 9.97 Å². The molecule has 9 aromatic rings. The van der Waals surface area contributed by atoms with Gasteiger partial charge in [0.1, 0.15) is 11.2 Å². The summed E-state index contributed by atoms with van der Waals surface area (Å²) in [4.78, 5) is 10.5. The summed E-state index contributed by atoms with van der Waals surface area (Å²) < 4.78 is 9.03. The summed E-state index contributed by atoms with van der Waals surface area (Å²) in [5, 5.41) is 4.90. The van der Waals surface area contributed by atoms with Crippen LogP contribution in [0.25, 0.3) is 81.3 Å². The van der Waals surface area contributed by atoms with Crippen molar-refractivity contribution in [2.75, 3.05) is 0 Å². The van der Waals surface area contributed by atoms with Gasteiger partial charge in [0.25, 0.3) is 0 Å². The maximum Gasteiger partial charge on any atom is 0.156 e. The minimum atomic E-state index is 0.194. The molecule has 3 aromatic heterocycles. The molecule has 0 amide bonds. The summed E-state index contributed by atoms with van der Waals surface area (Å²) >= 11 is 1.94. The highest BCUT2D eigenvalue weighted by Crippen LogP contribution is 2.45. The van der Waals surface area contributed by atoms with Gasteiger partial charge in [-0.15, -0.1) is 11.3 Å². The van der Waals surface area contributed by atoms with Gasteiger partial charge in [-0.1, -0.05) is 152 Å². The number of hydrogen-bond donors (Lipinski definition) is 0. The molecule has 0 aliphatic heterocycles. The topological polar surface area (TPSA) is 38.9 Å². The summed E-state index contributed by atoms with van der Waals surface area (Å²) in [5.41, 5.74) is 13.6. The molecule has 1 atom stereocenters. The zero-order valence-electron chi connectivity index (χ0n) is 30.7. The first-order chi connectivity index (χ1) is 27.7. The molecule has 6 aromatic carbocycles. The molecule has 0 saturated heterocycles. The second kappa shape index (κ2) is 13.6. The lowest BCUT2D eigenvalue weighted by Crippen LogP contribution is -2.05. The molecule has 56 heavy (non-hydrogen) atoms. The van der Waals surface area contributed by atoms with Crippen molar-refractivity contribution in [2.24, 2.45) is 0 Å². The first-order valence-electron chi connectivity index (χ1n) is 19.4. The maximum atomic E-state index is 6.29. The van der Waals surface area contributed by atoms with Gasteiger partial charge in [-0.25, -0.2) is 9.97 Å². The third kappa shape index (κ3) is 5.73. The SMILES string of the molecule is C1=CC(c2cccc3c2sc2c(C4=CC=C(c5ccccc5)CC4)cccc23)CC(c2nc(-c3ccccc3)cc(-c3ccc4c(c3)oc3ccccc34)n2)=C1. The number of aromatic nitrogens is 2. The summed E-state index contributed by atoms with van der Waals surface area (Å²) in [5.74, 6) is 0.957. The van der Waals surface area contributed by atoms with E-state index in [1.54, 1.807) is 0 Å². The van der Waals surface area contributed by atoms with Crippen molar-refractivity contribution in [2.45, 2.75) is 25.2 Å². The van der Waals surface area contributed by atoms with Crippen molar-refractivity contribution in [3.05, 3.63) is 198 Å². The Morgan fingerprint density at radius 3 is 2.00 bits per heavy atom. The van der Waals surface area contributed by atoms with Gasteiger partial charge in [-0.3, -0.25) is 0 Å². The normalized spacial score (nSPS) is 15.7. The molecule has 2 aliphatic carbocycles. The van der Waals surface area contributed by atoms with Crippen molar-refractivity contribution in [3.63, 3.8) is 0 Å². The lowest BCUT2D eigenvalue weighted by molar-refractivity contribution is 0.669. The highest BCUT2D eigenvalue weighted by atomic mass is 32.1. The highest BCUT2D eigenvalue weighted by molar-refractivity contribution is 7.26. The quantitative estimate of drug-likeness (QED) is 0.171.